The average Bonchev–Trinajstić information content (AvgIpc) is 2.56. The number of benzene rings is 2. The van der Waals surface area contributed by atoms with Crippen molar-refractivity contribution in [1.29, 1.82) is 0 Å². The quantitative estimate of drug-likeness (QED) is 0.747. The molecule has 3 rings (SSSR count). The largest absolute Gasteiger partial charge is 0.268 e. The summed E-state index contributed by atoms with van der Waals surface area (Å²) in [6.07, 6.45) is 0. The molecule has 1 N–H and O–H groups in total. The Morgan fingerprint density at radius 3 is 1.86 bits per heavy atom. The molecule has 21 heavy (non-hydrogen) atoms. The molecule has 0 unspecified atom stereocenters. The van der Waals surface area contributed by atoms with Gasteiger partial charge in [0.25, 0.3) is 5.56 Å². The van der Waals surface area contributed by atoms with E-state index < -0.39 is 0 Å². The molecule has 1 aromatic heterocycles. The molecule has 0 saturated carbocycles. The van der Waals surface area contributed by atoms with E-state index in [1.807, 2.05) is 60.7 Å². The third-order valence-electron chi connectivity index (χ3n) is 2.99. The van der Waals surface area contributed by atoms with Crippen molar-refractivity contribution in [3.63, 3.8) is 0 Å². The van der Waals surface area contributed by atoms with Crippen molar-refractivity contribution >= 4 is 11.5 Å². The second-order valence-electron chi connectivity index (χ2n) is 4.47. The smallest absolute Gasteiger partial charge is 0.264 e. The van der Waals surface area contributed by atoms with Crippen molar-refractivity contribution in [2.75, 3.05) is 0 Å². The van der Waals surface area contributed by atoms with Crippen LogP contribution >= 0.6 is 0 Å². The fraction of sp³-hybridized carbons (Fsp3) is 0. The van der Waals surface area contributed by atoms with Crippen LogP contribution in [0.4, 0.5) is 5.82 Å². The minimum Gasteiger partial charge on any atom is -0.268 e. The molecule has 4 heteroatoms. The zero-order chi connectivity index (χ0) is 14.5. The summed E-state index contributed by atoms with van der Waals surface area (Å²) < 4.78 is 0. The number of rotatable bonds is 3. The average molecular weight is 275 g/mol. The van der Waals surface area contributed by atoms with Crippen molar-refractivity contribution in [3.05, 3.63) is 94.3 Å². The van der Waals surface area contributed by atoms with E-state index >= 15 is 0 Å². The van der Waals surface area contributed by atoms with Crippen LogP contribution in [0.15, 0.2) is 82.6 Å². The topological polar surface area (TPSA) is 58.1 Å². The van der Waals surface area contributed by atoms with Crippen LogP contribution < -0.4 is 5.56 Å². The molecule has 0 aliphatic rings. The van der Waals surface area contributed by atoms with Gasteiger partial charge in [-0.05, 0) is 6.07 Å². The number of H-pyrrole nitrogens is 1. The SMILES string of the molecule is O=c1ccc(N=C(c2ccccc2)c2ccccc2)n[nH]1. The fourth-order valence-electron chi connectivity index (χ4n) is 2.00. The summed E-state index contributed by atoms with van der Waals surface area (Å²) in [5.74, 6) is 0.470. The van der Waals surface area contributed by atoms with Gasteiger partial charge in [-0.3, -0.25) is 4.79 Å². The Kier molecular flexibility index (Phi) is 3.69. The maximum Gasteiger partial charge on any atom is 0.264 e. The van der Waals surface area contributed by atoms with Crippen LogP contribution in [0.5, 0.6) is 0 Å². The standard InChI is InChI=1S/C17H13N3O/c21-16-12-11-15(19-20-16)18-17(13-7-3-1-4-8-13)14-9-5-2-6-10-14/h1-12H,(H,20,21). The molecule has 0 radical (unpaired) electrons. The molecule has 0 atom stereocenters. The Balaban J connectivity index is 2.13. The van der Waals surface area contributed by atoms with Gasteiger partial charge in [0.1, 0.15) is 0 Å². The van der Waals surface area contributed by atoms with Gasteiger partial charge in [0.05, 0.1) is 5.71 Å². The minimum atomic E-state index is -0.241. The van der Waals surface area contributed by atoms with Gasteiger partial charge in [0.2, 0.25) is 0 Å². The first-order chi connectivity index (χ1) is 10.3. The normalized spacial score (nSPS) is 10.1. The maximum atomic E-state index is 11.1. The molecule has 0 bridgehead atoms. The first-order valence-corrected chi connectivity index (χ1v) is 6.58. The predicted octanol–water partition coefficient (Wildman–Crippen LogP) is 2.94. The van der Waals surface area contributed by atoms with Crippen LogP contribution in [0.2, 0.25) is 0 Å². The Bertz CT molecular complexity index is 746. The Hall–Kier alpha value is -3.01. The number of aromatic nitrogens is 2. The van der Waals surface area contributed by atoms with Crippen LogP contribution in [-0.2, 0) is 0 Å². The number of nitrogens with zero attached hydrogens (tertiary/aromatic N) is 2. The van der Waals surface area contributed by atoms with Gasteiger partial charge in [0.15, 0.2) is 5.82 Å². The molecule has 0 aliphatic heterocycles. The second kappa shape index (κ2) is 5.96. The zero-order valence-corrected chi connectivity index (χ0v) is 11.2. The molecule has 4 nitrogen and oxygen atoms in total. The van der Waals surface area contributed by atoms with Gasteiger partial charge in [-0.1, -0.05) is 60.7 Å². The molecule has 102 valence electrons. The van der Waals surface area contributed by atoms with E-state index in [2.05, 4.69) is 15.2 Å². The second-order valence-corrected chi connectivity index (χ2v) is 4.47. The number of hydrogen-bond donors (Lipinski definition) is 1. The van der Waals surface area contributed by atoms with Gasteiger partial charge in [-0.2, -0.15) is 5.10 Å². The first kappa shape index (κ1) is 13.0. The number of hydrogen-bond acceptors (Lipinski definition) is 3. The molecule has 1 heterocycles. The van der Waals surface area contributed by atoms with E-state index in [0.717, 1.165) is 16.8 Å². The van der Waals surface area contributed by atoms with Crippen LogP contribution in [0.25, 0.3) is 0 Å². The van der Waals surface area contributed by atoms with Crippen molar-refractivity contribution in [1.82, 2.24) is 10.2 Å². The third-order valence-corrected chi connectivity index (χ3v) is 2.99. The molecule has 0 fully saturated rings. The van der Waals surface area contributed by atoms with Crippen molar-refractivity contribution < 1.29 is 0 Å². The summed E-state index contributed by atoms with van der Waals surface area (Å²) >= 11 is 0. The molecule has 0 saturated heterocycles. The molecule has 0 amide bonds. The van der Waals surface area contributed by atoms with E-state index in [9.17, 15) is 4.79 Å². The Labute approximate surface area is 121 Å². The molecule has 3 aromatic rings. The van der Waals surface area contributed by atoms with Crippen LogP contribution in [0, 0.1) is 0 Å². The Morgan fingerprint density at radius 2 is 1.38 bits per heavy atom. The summed E-state index contributed by atoms with van der Waals surface area (Å²) in [6.45, 7) is 0. The molecule has 0 aliphatic carbocycles. The number of aliphatic imine (C=N–C) groups is 1. The lowest BCUT2D eigenvalue weighted by atomic mass is 10.0. The maximum absolute atomic E-state index is 11.1. The minimum absolute atomic E-state index is 0.241. The summed E-state index contributed by atoms with van der Waals surface area (Å²) in [7, 11) is 0. The molecule has 0 spiro atoms. The van der Waals surface area contributed by atoms with E-state index in [-0.39, 0.29) is 5.56 Å². The summed E-state index contributed by atoms with van der Waals surface area (Å²) in [5.41, 5.74) is 2.57. The van der Waals surface area contributed by atoms with Crippen LogP contribution in [0.3, 0.4) is 0 Å². The molecule has 2 aromatic carbocycles. The van der Waals surface area contributed by atoms with E-state index in [4.69, 9.17) is 0 Å². The number of nitrogens with one attached hydrogen (secondary N) is 1. The van der Waals surface area contributed by atoms with Gasteiger partial charge >= 0.3 is 0 Å². The highest BCUT2D eigenvalue weighted by atomic mass is 16.1. The highest BCUT2D eigenvalue weighted by Crippen LogP contribution is 2.15. The van der Waals surface area contributed by atoms with Crippen LogP contribution in [-0.4, -0.2) is 15.9 Å². The fourth-order valence-corrected chi connectivity index (χ4v) is 2.00. The Morgan fingerprint density at radius 1 is 0.810 bits per heavy atom. The van der Waals surface area contributed by atoms with Crippen molar-refractivity contribution in [2.45, 2.75) is 0 Å². The van der Waals surface area contributed by atoms with Crippen molar-refractivity contribution in [3.8, 4) is 0 Å². The van der Waals surface area contributed by atoms with E-state index in [1.165, 1.54) is 6.07 Å². The predicted molar refractivity (Wildman–Crippen MR) is 83.0 cm³/mol. The first-order valence-electron chi connectivity index (χ1n) is 6.58. The highest BCUT2D eigenvalue weighted by Gasteiger charge is 2.07. The third kappa shape index (κ3) is 3.12. The molecular formula is C17H13N3O. The zero-order valence-electron chi connectivity index (χ0n) is 11.2. The van der Waals surface area contributed by atoms with Gasteiger partial charge in [-0.15, -0.1) is 0 Å². The molecular weight excluding hydrogens is 262 g/mol. The van der Waals surface area contributed by atoms with Crippen LogP contribution in [0.1, 0.15) is 11.1 Å². The summed E-state index contributed by atoms with van der Waals surface area (Å²) in [4.78, 5) is 15.7. The lowest BCUT2D eigenvalue weighted by Crippen LogP contribution is -2.06. The lowest BCUT2D eigenvalue weighted by Gasteiger charge is -2.06. The summed E-state index contributed by atoms with van der Waals surface area (Å²) in [6, 6.07) is 22.8. The number of aromatic amines is 1. The van der Waals surface area contributed by atoms with E-state index in [1.54, 1.807) is 6.07 Å². The highest BCUT2D eigenvalue weighted by molar-refractivity contribution is 6.13. The lowest BCUT2D eigenvalue weighted by molar-refractivity contribution is 0.984. The van der Waals surface area contributed by atoms with Crippen molar-refractivity contribution in [2.24, 2.45) is 4.99 Å². The summed E-state index contributed by atoms with van der Waals surface area (Å²) in [5, 5.41) is 6.34. The van der Waals surface area contributed by atoms with Gasteiger partial charge in [0, 0.05) is 17.2 Å². The monoisotopic (exact) mass is 275 g/mol. The van der Waals surface area contributed by atoms with Gasteiger partial charge in [-0.25, -0.2) is 10.1 Å². The van der Waals surface area contributed by atoms with E-state index in [0.29, 0.717) is 5.82 Å². The van der Waals surface area contributed by atoms with Gasteiger partial charge < -0.3 is 0 Å².